The fourth-order valence-corrected chi connectivity index (χ4v) is 2.01. The maximum absolute atomic E-state index is 11.9. The summed E-state index contributed by atoms with van der Waals surface area (Å²) in [5.74, 6) is -2.02. The molecule has 1 heterocycles. The number of hydrogen-bond donors (Lipinski definition) is 0. The van der Waals surface area contributed by atoms with Gasteiger partial charge in [0, 0.05) is 25.2 Å². The second kappa shape index (κ2) is 7.02. The molecule has 0 radical (unpaired) electrons. The highest BCUT2D eigenvalue weighted by atomic mass is 16.5. The van der Waals surface area contributed by atoms with E-state index in [1.165, 1.54) is 18.2 Å². The van der Waals surface area contributed by atoms with E-state index in [2.05, 4.69) is 4.90 Å². The molecule has 1 fully saturated rings. The van der Waals surface area contributed by atoms with Crippen LogP contribution in [0.3, 0.4) is 0 Å². The van der Waals surface area contributed by atoms with Crippen LogP contribution in [0, 0.1) is 0 Å². The number of carboxylic acid groups (broad SMARTS) is 1. The summed E-state index contributed by atoms with van der Waals surface area (Å²) in [7, 11) is 0. The smallest absolute Gasteiger partial charge is 0.338 e. The zero-order valence-electron chi connectivity index (χ0n) is 11.0. The van der Waals surface area contributed by atoms with Gasteiger partial charge in [-0.05, 0) is 6.07 Å². The van der Waals surface area contributed by atoms with E-state index in [-0.39, 0.29) is 17.7 Å². The number of carbonyl (C=O) groups is 2. The molecular weight excluding hydrogens is 262 g/mol. The minimum atomic E-state index is -1.38. The van der Waals surface area contributed by atoms with Crippen molar-refractivity contribution >= 4 is 11.9 Å². The summed E-state index contributed by atoms with van der Waals surface area (Å²) < 4.78 is 10.3. The molecule has 1 aromatic carbocycles. The zero-order valence-corrected chi connectivity index (χ0v) is 11.0. The zero-order chi connectivity index (χ0) is 14.4. The lowest BCUT2D eigenvalue weighted by Crippen LogP contribution is -2.38. The van der Waals surface area contributed by atoms with Gasteiger partial charge in [-0.1, -0.05) is 18.2 Å². The Balaban J connectivity index is 1.87. The standard InChI is InChI=1S/C14H17NO5/c16-13(17)11-3-1-2-4-12(11)14(18)20-10-7-15-5-8-19-9-6-15/h1-4H,5-10H2,(H,16,17)/p-1. The number of carbonyl (C=O) groups excluding carboxylic acids is 2. The van der Waals surface area contributed by atoms with Crippen LogP contribution >= 0.6 is 0 Å². The summed E-state index contributed by atoms with van der Waals surface area (Å²) >= 11 is 0. The number of hydrogen-bond acceptors (Lipinski definition) is 6. The average Bonchev–Trinajstić information content (AvgIpc) is 2.48. The molecule has 1 aliphatic heterocycles. The number of carboxylic acids is 1. The van der Waals surface area contributed by atoms with Gasteiger partial charge >= 0.3 is 5.97 Å². The van der Waals surface area contributed by atoms with Gasteiger partial charge in [0.1, 0.15) is 6.61 Å². The van der Waals surface area contributed by atoms with Gasteiger partial charge in [0.25, 0.3) is 0 Å². The molecule has 1 aliphatic rings. The molecule has 0 N–H and O–H groups in total. The second-order valence-electron chi connectivity index (χ2n) is 4.42. The molecule has 2 rings (SSSR count). The lowest BCUT2D eigenvalue weighted by Gasteiger charge is -2.26. The lowest BCUT2D eigenvalue weighted by molar-refractivity contribution is -0.255. The molecular formula is C14H16NO5-. The van der Waals surface area contributed by atoms with Crippen molar-refractivity contribution in [2.75, 3.05) is 39.5 Å². The highest BCUT2D eigenvalue weighted by Crippen LogP contribution is 2.09. The Morgan fingerprint density at radius 3 is 2.50 bits per heavy atom. The van der Waals surface area contributed by atoms with Crippen molar-refractivity contribution in [1.29, 1.82) is 0 Å². The van der Waals surface area contributed by atoms with Crippen molar-refractivity contribution in [1.82, 2.24) is 4.90 Å². The molecule has 0 aliphatic carbocycles. The van der Waals surface area contributed by atoms with Crippen LogP contribution < -0.4 is 5.11 Å². The first kappa shape index (κ1) is 14.5. The predicted molar refractivity (Wildman–Crippen MR) is 68.3 cm³/mol. The van der Waals surface area contributed by atoms with Crippen molar-refractivity contribution in [2.24, 2.45) is 0 Å². The summed E-state index contributed by atoms with van der Waals surface area (Å²) in [6, 6.07) is 5.87. The monoisotopic (exact) mass is 278 g/mol. The van der Waals surface area contributed by atoms with Gasteiger partial charge in [0.2, 0.25) is 0 Å². The van der Waals surface area contributed by atoms with Crippen LogP contribution in [0.4, 0.5) is 0 Å². The Kier molecular flexibility index (Phi) is 5.09. The predicted octanol–water partition coefficient (Wildman–Crippen LogP) is -0.461. The fourth-order valence-electron chi connectivity index (χ4n) is 2.01. The van der Waals surface area contributed by atoms with Crippen molar-refractivity contribution in [2.45, 2.75) is 0 Å². The van der Waals surface area contributed by atoms with Crippen LogP contribution in [0.1, 0.15) is 20.7 Å². The Morgan fingerprint density at radius 1 is 1.20 bits per heavy atom. The Labute approximate surface area is 116 Å². The first-order chi connectivity index (χ1) is 9.68. The third-order valence-corrected chi connectivity index (χ3v) is 3.11. The number of morpholine rings is 1. The summed E-state index contributed by atoms with van der Waals surface area (Å²) in [4.78, 5) is 24.9. The van der Waals surface area contributed by atoms with Gasteiger partial charge in [0.05, 0.1) is 24.7 Å². The molecule has 0 unspecified atom stereocenters. The highest BCUT2D eigenvalue weighted by molar-refractivity contribution is 6.01. The maximum atomic E-state index is 11.9. The molecule has 20 heavy (non-hydrogen) atoms. The van der Waals surface area contributed by atoms with Gasteiger partial charge < -0.3 is 19.4 Å². The van der Waals surface area contributed by atoms with E-state index < -0.39 is 11.9 Å². The number of aromatic carboxylic acids is 1. The minimum Gasteiger partial charge on any atom is -0.545 e. The Bertz CT molecular complexity index is 482. The van der Waals surface area contributed by atoms with E-state index >= 15 is 0 Å². The van der Waals surface area contributed by atoms with Crippen molar-refractivity contribution < 1.29 is 24.2 Å². The number of benzene rings is 1. The van der Waals surface area contributed by atoms with Crippen molar-refractivity contribution in [3.63, 3.8) is 0 Å². The Morgan fingerprint density at radius 2 is 1.85 bits per heavy atom. The van der Waals surface area contributed by atoms with Crippen LogP contribution in [-0.4, -0.2) is 56.3 Å². The van der Waals surface area contributed by atoms with Gasteiger partial charge in [-0.15, -0.1) is 0 Å². The second-order valence-corrected chi connectivity index (χ2v) is 4.42. The molecule has 0 bridgehead atoms. The normalized spacial score (nSPS) is 15.8. The lowest BCUT2D eigenvalue weighted by atomic mass is 10.1. The van der Waals surface area contributed by atoms with Gasteiger partial charge in [-0.25, -0.2) is 4.79 Å². The first-order valence-electron chi connectivity index (χ1n) is 6.46. The van der Waals surface area contributed by atoms with Gasteiger partial charge in [-0.2, -0.15) is 0 Å². The fraction of sp³-hybridized carbons (Fsp3) is 0.429. The number of nitrogens with zero attached hydrogens (tertiary/aromatic N) is 1. The SMILES string of the molecule is O=C([O-])c1ccccc1C(=O)OCCN1CCOCC1. The summed E-state index contributed by atoms with van der Waals surface area (Å²) in [5.41, 5.74) is -0.127. The van der Waals surface area contributed by atoms with E-state index in [1.54, 1.807) is 6.07 Å². The van der Waals surface area contributed by atoms with Crippen LogP contribution in [0.5, 0.6) is 0 Å². The van der Waals surface area contributed by atoms with Crippen LogP contribution in [0.15, 0.2) is 24.3 Å². The molecule has 0 saturated carbocycles. The van der Waals surface area contributed by atoms with E-state index in [9.17, 15) is 14.7 Å². The third-order valence-electron chi connectivity index (χ3n) is 3.11. The first-order valence-corrected chi connectivity index (χ1v) is 6.46. The summed E-state index contributed by atoms with van der Waals surface area (Å²) in [6.07, 6.45) is 0. The van der Waals surface area contributed by atoms with E-state index in [1.807, 2.05) is 0 Å². The largest absolute Gasteiger partial charge is 0.545 e. The summed E-state index contributed by atoms with van der Waals surface area (Å²) in [5, 5.41) is 10.9. The minimum absolute atomic E-state index is 0.0227. The van der Waals surface area contributed by atoms with E-state index in [4.69, 9.17) is 9.47 Å². The number of esters is 1. The number of ether oxygens (including phenoxy) is 2. The topological polar surface area (TPSA) is 78.9 Å². The molecule has 0 atom stereocenters. The molecule has 0 spiro atoms. The van der Waals surface area contributed by atoms with Crippen LogP contribution in [-0.2, 0) is 9.47 Å². The van der Waals surface area contributed by atoms with Crippen molar-refractivity contribution in [3.8, 4) is 0 Å². The average molecular weight is 278 g/mol. The molecule has 1 aromatic rings. The van der Waals surface area contributed by atoms with E-state index in [0.717, 1.165) is 13.1 Å². The van der Waals surface area contributed by atoms with Crippen molar-refractivity contribution in [3.05, 3.63) is 35.4 Å². The molecule has 6 nitrogen and oxygen atoms in total. The Hall–Kier alpha value is -1.92. The van der Waals surface area contributed by atoms with Crippen LogP contribution in [0.2, 0.25) is 0 Å². The highest BCUT2D eigenvalue weighted by Gasteiger charge is 2.14. The molecule has 108 valence electrons. The third kappa shape index (κ3) is 3.79. The maximum Gasteiger partial charge on any atom is 0.338 e. The number of rotatable bonds is 5. The molecule has 0 aromatic heterocycles. The summed E-state index contributed by atoms with van der Waals surface area (Å²) in [6.45, 7) is 3.83. The molecule has 0 amide bonds. The van der Waals surface area contributed by atoms with E-state index in [0.29, 0.717) is 19.8 Å². The van der Waals surface area contributed by atoms with Gasteiger partial charge in [-0.3, -0.25) is 4.90 Å². The van der Waals surface area contributed by atoms with Gasteiger partial charge in [0.15, 0.2) is 0 Å². The van der Waals surface area contributed by atoms with Crippen LogP contribution in [0.25, 0.3) is 0 Å². The molecule has 6 heteroatoms. The molecule has 1 saturated heterocycles. The quantitative estimate of drug-likeness (QED) is 0.678.